The number of anilines is 1. The Bertz CT molecular complexity index is 494. The Labute approximate surface area is 125 Å². The molecule has 1 aromatic carbocycles. The zero-order valence-corrected chi connectivity index (χ0v) is 12.7. The number of carbonyl (C=O) groups is 1. The van der Waals surface area contributed by atoms with Crippen LogP contribution in [-0.4, -0.2) is 31.2 Å². The molecule has 2 rings (SSSR count). The number of hydrogen-bond donors (Lipinski definition) is 2. The highest BCUT2D eigenvalue weighted by Gasteiger charge is 2.24. The smallest absolute Gasteiger partial charge is 0.217 e. The van der Waals surface area contributed by atoms with Crippen molar-refractivity contribution in [2.45, 2.75) is 32.3 Å². The van der Waals surface area contributed by atoms with Gasteiger partial charge in [0.1, 0.15) is 5.75 Å². The Morgan fingerprint density at radius 2 is 2.14 bits per heavy atom. The highest BCUT2D eigenvalue weighted by Crippen LogP contribution is 2.36. The van der Waals surface area contributed by atoms with Gasteiger partial charge in [0.2, 0.25) is 5.91 Å². The molecule has 1 aliphatic heterocycles. The molecule has 1 heterocycles. The Morgan fingerprint density at radius 3 is 2.67 bits per heavy atom. The highest BCUT2D eigenvalue weighted by molar-refractivity contribution is 5.74. The SMILES string of the molecule is COc1cccc(N2CCC(CC(N)=O)CC2)c1C(C)O. The maximum Gasteiger partial charge on any atom is 0.217 e. The molecule has 0 radical (unpaired) electrons. The molecule has 0 aromatic heterocycles. The van der Waals surface area contributed by atoms with Crippen LogP contribution in [0.1, 0.15) is 37.9 Å². The van der Waals surface area contributed by atoms with Gasteiger partial charge in [-0.2, -0.15) is 0 Å². The van der Waals surface area contributed by atoms with Gasteiger partial charge in [0.25, 0.3) is 0 Å². The lowest BCUT2D eigenvalue weighted by Gasteiger charge is -2.35. The molecule has 3 N–H and O–H groups in total. The molecule has 1 saturated heterocycles. The molecule has 21 heavy (non-hydrogen) atoms. The van der Waals surface area contributed by atoms with Crippen LogP contribution < -0.4 is 15.4 Å². The van der Waals surface area contributed by atoms with Gasteiger partial charge < -0.3 is 20.5 Å². The predicted octanol–water partition coefficient (Wildman–Crippen LogP) is 1.84. The number of carbonyl (C=O) groups excluding carboxylic acids is 1. The van der Waals surface area contributed by atoms with Gasteiger partial charge in [0, 0.05) is 30.8 Å². The van der Waals surface area contributed by atoms with E-state index in [1.165, 1.54) is 0 Å². The van der Waals surface area contributed by atoms with Crippen molar-refractivity contribution >= 4 is 11.6 Å². The van der Waals surface area contributed by atoms with Gasteiger partial charge in [-0.25, -0.2) is 0 Å². The minimum Gasteiger partial charge on any atom is -0.496 e. The maximum atomic E-state index is 11.0. The quantitative estimate of drug-likeness (QED) is 0.868. The van der Waals surface area contributed by atoms with Crippen molar-refractivity contribution in [1.29, 1.82) is 0 Å². The van der Waals surface area contributed by atoms with E-state index in [-0.39, 0.29) is 5.91 Å². The Morgan fingerprint density at radius 1 is 1.48 bits per heavy atom. The first-order valence-corrected chi connectivity index (χ1v) is 7.41. The maximum absolute atomic E-state index is 11.0. The molecule has 0 aliphatic carbocycles. The molecule has 1 fully saturated rings. The summed E-state index contributed by atoms with van der Waals surface area (Å²) >= 11 is 0. The van der Waals surface area contributed by atoms with E-state index in [0.29, 0.717) is 18.1 Å². The molecule has 1 aromatic rings. The van der Waals surface area contributed by atoms with E-state index in [0.717, 1.165) is 37.2 Å². The molecule has 116 valence electrons. The molecule has 0 saturated carbocycles. The lowest BCUT2D eigenvalue weighted by Crippen LogP contribution is -2.35. The summed E-state index contributed by atoms with van der Waals surface area (Å²) in [5, 5.41) is 10.1. The molecular weight excluding hydrogens is 268 g/mol. The number of methoxy groups -OCH3 is 1. The van der Waals surface area contributed by atoms with E-state index in [1.54, 1.807) is 14.0 Å². The van der Waals surface area contributed by atoms with E-state index in [9.17, 15) is 9.90 Å². The molecule has 5 nitrogen and oxygen atoms in total. The van der Waals surface area contributed by atoms with Crippen molar-refractivity contribution in [3.63, 3.8) is 0 Å². The molecule has 1 atom stereocenters. The van der Waals surface area contributed by atoms with Crippen LogP contribution in [0.3, 0.4) is 0 Å². The molecule has 1 unspecified atom stereocenters. The minimum absolute atomic E-state index is 0.223. The van der Waals surface area contributed by atoms with Crippen LogP contribution in [0.15, 0.2) is 18.2 Å². The second-order valence-corrected chi connectivity index (χ2v) is 5.67. The lowest BCUT2D eigenvalue weighted by atomic mass is 9.92. The first-order valence-electron chi connectivity index (χ1n) is 7.41. The van der Waals surface area contributed by atoms with Gasteiger partial charge in [-0.05, 0) is 37.8 Å². The van der Waals surface area contributed by atoms with Crippen molar-refractivity contribution in [1.82, 2.24) is 0 Å². The zero-order valence-electron chi connectivity index (χ0n) is 12.7. The van der Waals surface area contributed by atoms with E-state index >= 15 is 0 Å². The van der Waals surface area contributed by atoms with Gasteiger partial charge >= 0.3 is 0 Å². The molecule has 1 aliphatic rings. The number of aliphatic hydroxyl groups excluding tert-OH is 1. The Kier molecular flexibility index (Phi) is 5.07. The number of nitrogens with two attached hydrogens (primary N) is 1. The summed E-state index contributed by atoms with van der Waals surface area (Å²) in [5.41, 5.74) is 7.11. The van der Waals surface area contributed by atoms with Crippen LogP contribution in [0, 0.1) is 5.92 Å². The number of primary amides is 1. The van der Waals surface area contributed by atoms with Gasteiger partial charge in [-0.1, -0.05) is 6.07 Å². The first kappa shape index (κ1) is 15.6. The minimum atomic E-state index is -0.584. The summed E-state index contributed by atoms with van der Waals surface area (Å²) in [6.07, 6.45) is 1.77. The van der Waals surface area contributed by atoms with Crippen molar-refractivity contribution in [3.05, 3.63) is 23.8 Å². The summed E-state index contributed by atoms with van der Waals surface area (Å²) in [7, 11) is 1.62. The highest BCUT2D eigenvalue weighted by atomic mass is 16.5. The number of hydrogen-bond acceptors (Lipinski definition) is 4. The standard InChI is InChI=1S/C16H24N2O3/c1-11(19)16-13(4-3-5-14(16)21-2)18-8-6-12(7-9-18)10-15(17)20/h3-5,11-12,19H,6-10H2,1-2H3,(H2,17,20). The Balaban J connectivity index is 2.15. The first-order chi connectivity index (χ1) is 10.0. The molecule has 0 spiro atoms. The fourth-order valence-corrected chi connectivity index (χ4v) is 3.07. The van der Waals surface area contributed by atoms with Gasteiger partial charge in [0.15, 0.2) is 0 Å². The molecule has 0 bridgehead atoms. The van der Waals surface area contributed by atoms with Crippen molar-refractivity contribution in [2.75, 3.05) is 25.1 Å². The molecule has 5 heteroatoms. The van der Waals surface area contributed by atoms with Crippen LogP contribution in [0.2, 0.25) is 0 Å². The van der Waals surface area contributed by atoms with Crippen LogP contribution in [0.25, 0.3) is 0 Å². The number of ether oxygens (including phenoxy) is 1. The number of amides is 1. The van der Waals surface area contributed by atoms with Crippen LogP contribution in [0.5, 0.6) is 5.75 Å². The molecule has 1 amide bonds. The average molecular weight is 292 g/mol. The number of nitrogens with zero attached hydrogens (tertiary/aromatic N) is 1. The van der Waals surface area contributed by atoms with Gasteiger partial charge in [-0.3, -0.25) is 4.79 Å². The summed E-state index contributed by atoms with van der Waals surface area (Å²) in [5.74, 6) is 0.862. The van der Waals surface area contributed by atoms with Crippen molar-refractivity contribution in [3.8, 4) is 5.75 Å². The third kappa shape index (κ3) is 3.67. The second kappa shape index (κ2) is 6.80. The van der Waals surface area contributed by atoms with Crippen molar-refractivity contribution in [2.24, 2.45) is 11.7 Å². The number of rotatable bonds is 5. The topological polar surface area (TPSA) is 75.8 Å². The van der Waals surface area contributed by atoms with E-state index in [1.807, 2.05) is 18.2 Å². The lowest BCUT2D eigenvalue weighted by molar-refractivity contribution is -0.119. The van der Waals surface area contributed by atoms with E-state index in [2.05, 4.69) is 4.90 Å². The molecular formula is C16H24N2O3. The fourth-order valence-electron chi connectivity index (χ4n) is 3.07. The summed E-state index contributed by atoms with van der Waals surface area (Å²) in [6, 6.07) is 5.82. The normalized spacial score (nSPS) is 17.6. The average Bonchev–Trinajstić information content (AvgIpc) is 2.46. The van der Waals surface area contributed by atoms with E-state index in [4.69, 9.17) is 10.5 Å². The van der Waals surface area contributed by atoms with Crippen molar-refractivity contribution < 1.29 is 14.6 Å². The summed E-state index contributed by atoms with van der Waals surface area (Å²) in [4.78, 5) is 13.3. The van der Waals surface area contributed by atoms with Crippen LogP contribution >= 0.6 is 0 Å². The summed E-state index contributed by atoms with van der Waals surface area (Å²) in [6.45, 7) is 3.48. The number of aliphatic hydroxyl groups is 1. The van der Waals surface area contributed by atoms with Crippen LogP contribution in [-0.2, 0) is 4.79 Å². The van der Waals surface area contributed by atoms with Gasteiger partial charge in [0.05, 0.1) is 13.2 Å². The second-order valence-electron chi connectivity index (χ2n) is 5.67. The number of piperidine rings is 1. The third-order valence-corrected chi connectivity index (χ3v) is 4.13. The monoisotopic (exact) mass is 292 g/mol. The number of benzene rings is 1. The third-order valence-electron chi connectivity index (χ3n) is 4.13. The summed E-state index contributed by atoms with van der Waals surface area (Å²) < 4.78 is 5.36. The van der Waals surface area contributed by atoms with Crippen LogP contribution in [0.4, 0.5) is 5.69 Å². The zero-order chi connectivity index (χ0) is 15.4. The largest absolute Gasteiger partial charge is 0.496 e. The van der Waals surface area contributed by atoms with E-state index < -0.39 is 6.10 Å². The van der Waals surface area contributed by atoms with Gasteiger partial charge in [-0.15, -0.1) is 0 Å². The predicted molar refractivity (Wildman–Crippen MR) is 82.4 cm³/mol. The fraction of sp³-hybridized carbons (Fsp3) is 0.562. The Hall–Kier alpha value is -1.75.